The minimum Gasteiger partial charge on any atom is -0.310 e. The Morgan fingerprint density at radius 3 is 3.00 bits per heavy atom. The Balaban J connectivity index is 1.62. The van der Waals surface area contributed by atoms with Crippen molar-refractivity contribution in [3.8, 4) is 0 Å². The predicted octanol–water partition coefficient (Wildman–Crippen LogP) is 3.39. The van der Waals surface area contributed by atoms with Gasteiger partial charge in [0.25, 0.3) is 0 Å². The topological polar surface area (TPSA) is 29.3 Å². The van der Waals surface area contributed by atoms with Crippen LogP contribution >= 0.6 is 0 Å². The van der Waals surface area contributed by atoms with Crippen LogP contribution in [0.5, 0.6) is 0 Å². The van der Waals surface area contributed by atoms with E-state index in [1.807, 2.05) is 23.0 Å². The smallest absolute Gasteiger partial charge is 0.0706 e. The summed E-state index contributed by atoms with van der Waals surface area (Å²) in [6.07, 6.45) is 11.0. The fraction of sp³-hybridized carbons (Fsp3) is 0.562. The Hall–Kier alpha value is -1.35. The second kappa shape index (κ2) is 5.74. The molecule has 2 aromatic heterocycles. The number of hydrogen-bond donors (Lipinski definition) is 1. The van der Waals surface area contributed by atoms with Crippen molar-refractivity contribution < 1.29 is 0 Å². The molecule has 102 valence electrons. The van der Waals surface area contributed by atoms with Gasteiger partial charge in [0.1, 0.15) is 0 Å². The summed E-state index contributed by atoms with van der Waals surface area (Å²) < 4.78 is 1.95. The van der Waals surface area contributed by atoms with Gasteiger partial charge in [-0.15, -0.1) is 0 Å². The zero-order valence-electron chi connectivity index (χ0n) is 11.7. The van der Waals surface area contributed by atoms with Crippen molar-refractivity contribution in [2.45, 2.75) is 51.6 Å². The average molecular weight is 257 g/mol. The molecular formula is C16H23N3. The zero-order valence-corrected chi connectivity index (χ0v) is 11.7. The summed E-state index contributed by atoms with van der Waals surface area (Å²) in [5.41, 5.74) is 2.51. The minimum atomic E-state index is 0.610. The summed E-state index contributed by atoms with van der Waals surface area (Å²) in [6.45, 7) is 3.26. The fourth-order valence-electron chi connectivity index (χ4n) is 3.20. The van der Waals surface area contributed by atoms with Crippen LogP contribution < -0.4 is 5.32 Å². The molecule has 0 saturated heterocycles. The quantitative estimate of drug-likeness (QED) is 0.909. The minimum absolute atomic E-state index is 0.610. The summed E-state index contributed by atoms with van der Waals surface area (Å²) in [5.74, 6) is 0.857. The van der Waals surface area contributed by atoms with Gasteiger partial charge in [0.15, 0.2) is 0 Å². The maximum absolute atomic E-state index is 4.39. The van der Waals surface area contributed by atoms with Gasteiger partial charge in [-0.3, -0.25) is 0 Å². The number of rotatable bonds is 4. The largest absolute Gasteiger partial charge is 0.310 e. The number of nitrogens with one attached hydrogen (secondary N) is 1. The molecule has 1 aliphatic rings. The van der Waals surface area contributed by atoms with Crippen LogP contribution in [0, 0.1) is 5.92 Å². The number of nitrogens with zero attached hydrogens (tertiary/aromatic N) is 2. The SMILES string of the molecule is C[C@@H](NCc1cnn2ccccc12)C1CCCCC1. The van der Waals surface area contributed by atoms with Gasteiger partial charge in [0.2, 0.25) is 0 Å². The van der Waals surface area contributed by atoms with E-state index in [-0.39, 0.29) is 0 Å². The third-order valence-electron chi connectivity index (χ3n) is 4.48. The van der Waals surface area contributed by atoms with Gasteiger partial charge in [0.05, 0.1) is 11.7 Å². The Bertz CT molecular complexity index is 526. The second-order valence-corrected chi connectivity index (χ2v) is 5.77. The molecule has 1 N–H and O–H groups in total. The van der Waals surface area contributed by atoms with E-state index in [9.17, 15) is 0 Å². The van der Waals surface area contributed by atoms with Gasteiger partial charge in [0, 0.05) is 24.3 Å². The number of aromatic nitrogens is 2. The lowest BCUT2D eigenvalue weighted by Crippen LogP contribution is -2.34. The molecular weight excluding hydrogens is 234 g/mol. The van der Waals surface area contributed by atoms with E-state index >= 15 is 0 Å². The van der Waals surface area contributed by atoms with Crippen molar-refractivity contribution >= 4 is 5.52 Å². The van der Waals surface area contributed by atoms with E-state index < -0.39 is 0 Å². The highest BCUT2D eigenvalue weighted by Crippen LogP contribution is 2.26. The first-order valence-corrected chi connectivity index (χ1v) is 7.49. The summed E-state index contributed by atoms with van der Waals surface area (Å²) in [6, 6.07) is 6.83. The fourth-order valence-corrected chi connectivity index (χ4v) is 3.20. The summed E-state index contributed by atoms with van der Waals surface area (Å²) >= 11 is 0. The number of pyridine rings is 1. The molecule has 19 heavy (non-hydrogen) atoms. The highest BCUT2D eigenvalue weighted by Gasteiger charge is 2.19. The van der Waals surface area contributed by atoms with Crippen LogP contribution in [0.4, 0.5) is 0 Å². The first kappa shape index (κ1) is 12.7. The molecule has 0 amide bonds. The van der Waals surface area contributed by atoms with Gasteiger partial charge in [-0.2, -0.15) is 5.10 Å². The highest BCUT2D eigenvalue weighted by molar-refractivity contribution is 5.53. The van der Waals surface area contributed by atoms with Gasteiger partial charge >= 0.3 is 0 Å². The van der Waals surface area contributed by atoms with Crippen molar-refractivity contribution in [3.63, 3.8) is 0 Å². The maximum Gasteiger partial charge on any atom is 0.0706 e. The van der Waals surface area contributed by atoms with E-state index in [1.54, 1.807) is 0 Å². The van der Waals surface area contributed by atoms with Crippen LogP contribution in [-0.2, 0) is 6.54 Å². The van der Waals surface area contributed by atoms with E-state index in [2.05, 4.69) is 29.5 Å². The molecule has 0 unspecified atom stereocenters. The second-order valence-electron chi connectivity index (χ2n) is 5.77. The van der Waals surface area contributed by atoms with Crippen molar-refractivity contribution in [2.24, 2.45) is 5.92 Å². The van der Waals surface area contributed by atoms with E-state index in [4.69, 9.17) is 0 Å². The van der Waals surface area contributed by atoms with Crippen LogP contribution in [0.3, 0.4) is 0 Å². The molecule has 0 aromatic carbocycles. The first-order chi connectivity index (χ1) is 9.34. The molecule has 1 saturated carbocycles. The molecule has 0 spiro atoms. The van der Waals surface area contributed by atoms with Crippen LogP contribution in [-0.4, -0.2) is 15.7 Å². The normalized spacial score (nSPS) is 18.8. The molecule has 1 atom stereocenters. The summed E-state index contributed by atoms with van der Waals surface area (Å²) in [4.78, 5) is 0. The Morgan fingerprint density at radius 2 is 2.16 bits per heavy atom. The molecule has 0 bridgehead atoms. The zero-order chi connectivity index (χ0) is 13.1. The number of fused-ring (bicyclic) bond motifs is 1. The van der Waals surface area contributed by atoms with Crippen LogP contribution in [0.25, 0.3) is 5.52 Å². The maximum atomic E-state index is 4.39. The van der Waals surface area contributed by atoms with E-state index in [1.165, 1.54) is 43.2 Å². The van der Waals surface area contributed by atoms with Gasteiger partial charge in [-0.1, -0.05) is 25.3 Å². The molecule has 1 aliphatic carbocycles. The van der Waals surface area contributed by atoms with Gasteiger partial charge in [-0.05, 0) is 37.8 Å². The lowest BCUT2D eigenvalue weighted by Gasteiger charge is -2.28. The predicted molar refractivity (Wildman–Crippen MR) is 78.1 cm³/mol. The summed E-state index contributed by atoms with van der Waals surface area (Å²) in [5, 5.41) is 8.08. The van der Waals surface area contributed by atoms with E-state index in [0.717, 1.165) is 12.5 Å². The number of hydrogen-bond acceptors (Lipinski definition) is 2. The lowest BCUT2D eigenvalue weighted by molar-refractivity contribution is 0.281. The molecule has 2 heterocycles. The highest BCUT2D eigenvalue weighted by atomic mass is 15.2. The Kier molecular flexibility index (Phi) is 3.83. The third kappa shape index (κ3) is 2.81. The third-order valence-corrected chi connectivity index (χ3v) is 4.48. The lowest BCUT2D eigenvalue weighted by atomic mass is 9.84. The van der Waals surface area contributed by atoms with Gasteiger partial charge in [-0.25, -0.2) is 4.52 Å². The standard InChI is InChI=1S/C16H23N3/c1-13(14-7-3-2-4-8-14)17-11-15-12-18-19-10-6-5-9-16(15)19/h5-6,9-10,12-14,17H,2-4,7-8,11H2,1H3/t13-/m1/s1. The molecule has 3 nitrogen and oxygen atoms in total. The van der Waals surface area contributed by atoms with Gasteiger partial charge < -0.3 is 5.32 Å². The Labute approximate surface area is 115 Å². The molecule has 0 aliphatic heterocycles. The van der Waals surface area contributed by atoms with Crippen molar-refractivity contribution in [1.82, 2.24) is 14.9 Å². The molecule has 0 radical (unpaired) electrons. The summed E-state index contributed by atoms with van der Waals surface area (Å²) in [7, 11) is 0. The average Bonchev–Trinajstić information content (AvgIpc) is 2.89. The molecule has 2 aromatic rings. The molecule has 3 heteroatoms. The van der Waals surface area contributed by atoms with Crippen LogP contribution in [0.1, 0.15) is 44.6 Å². The first-order valence-electron chi connectivity index (χ1n) is 7.49. The molecule has 3 rings (SSSR count). The monoisotopic (exact) mass is 257 g/mol. The van der Waals surface area contributed by atoms with Crippen molar-refractivity contribution in [3.05, 3.63) is 36.2 Å². The van der Waals surface area contributed by atoms with Crippen molar-refractivity contribution in [2.75, 3.05) is 0 Å². The van der Waals surface area contributed by atoms with E-state index in [0.29, 0.717) is 6.04 Å². The molecule has 1 fully saturated rings. The van der Waals surface area contributed by atoms with Crippen molar-refractivity contribution in [1.29, 1.82) is 0 Å². The Morgan fingerprint density at radius 1 is 1.32 bits per heavy atom. The van der Waals surface area contributed by atoms with Crippen LogP contribution in [0.15, 0.2) is 30.6 Å². The van der Waals surface area contributed by atoms with Crippen LogP contribution in [0.2, 0.25) is 0 Å².